The van der Waals surface area contributed by atoms with Crippen molar-refractivity contribution in [2.24, 2.45) is 23.2 Å². The Balaban J connectivity index is 1.35. The van der Waals surface area contributed by atoms with Crippen molar-refractivity contribution in [1.82, 2.24) is 16.0 Å². The number of carbonyl (C=O) groups excluding carboxylic acids is 2. The highest BCUT2D eigenvalue weighted by atomic mass is 16.2. The third-order valence-corrected chi connectivity index (χ3v) is 6.21. The second-order valence-corrected chi connectivity index (χ2v) is 8.30. The minimum atomic E-state index is -0.102. The third kappa shape index (κ3) is 4.11. The van der Waals surface area contributed by atoms with Crippen molar-refractivity contribution in [1.29, 1.82) is 0 Å². The van der Waals surface area contributed by atoms with E-state index in [1.165, 1.54) is 19.3 Å². The lowest BCUT2D eigenvalue weighted by atomic mass is 9.49. The van der Waals surface area contributed by atoms with E-state index in [4.69, 9.17) is 0 Å². The molecule has 4 aliphatic carbocycles. The molecule has 4 rings (SSSR count). The van der Waals surface area contributed by atoms with Gasteiger partial charge in [0.15, 0.2) is 0 Å². The van der Waals surface area contributed by atoms with E-state index >= 15 is 0 Å². The molecule has 0 saturated heterocycles. The summed E-state index contributed by atoms with van der Waals surface area (Å²) in [5.74, 6) is 2.58. The molecule has 0 radical (unpaired) electrons. The van der Waals surface area contributed by atoms with Gasteiger partial charge in [0.1, 0.15) is 0 Å². The van der Waals surface area contributed by atoms with Gasteiger partial charge in [0.05, 0.1) is 0 Å². The Morgan fingerprint density at radius 1 is 0.875 bits per heavy atom. The first kappa shape index (κ1) is 17.7. The van der Waals surface area contributed by atoms with Crippen LogP contribution < -0.4 is 16.0 Å². The van der Waals surface area contributed by atoms with E-state index in [-0.39, 0.29) is 17.2 Å². The van der Waals surface area contributed by atoms with Crippen molar-refractivity contribution in [2.75, 3.05) is 26.2 Å². The molecular weight excluding hydrogens is 302 g/mol. The zero-order valence-electron chi connectivity index (χ0n) is 15.0. The average molecular weight is 335 g/mol. The fourth-order valence-electron chi connectivity index (χ4n) is 5.55. The SMILES string of the molecule is CCCNCCNC(=O)CCNC(=O)C12CC3CC(CC(C3)C1)C2. The first-order chi connectivity index (χ1) is 11.6. The summed E-state index contributed by atoms with van der Waals surface area (Å²) in [6, 6.07) is 0. The molecule has 0 aromatic carbocycles. The lowest BCUT2D eigenvalue weighted by Gasteiger charge is -2.55. The van der Waals surface area contributed by atoms with Gasteiger partial charge in [0.2, 0.25) is 11.8 Å². The molecule has 3 N–H and O–H groups in total. The van der Waals surface area contributed by atoms with Crippen LogP contribution in [0, 0.1) is 23.2 Å². The number of carbonyl (C=O) groups is 2. The van der Waals surface area contributed by atoms with Gasteiger partial charge in [-0.05, 0) is 69.2 Å². The molecule has 2 amide bonds. The van der Waals surface area contributed by atoms with Crippen LogP contribution in [0.5, 0.6) is 0 Å². The van der Waals surface area contributed by atoms with Gasteiger partial charge < -0.3 is 16.0 Å². The van der Waals surface area contributed by atoms with Gasteiger partial charge in [-0.15, -0.1) is 0 Å². The maximum absolute atomic E-state index is 12.8. The van der Waals surface area contributed by atoms with Crippen LogP contribution in [0.15, 0.2) is 0 Å². The summed E-state index contributed by atoms with van der Waals surface area (Å²) in [5.41, 5.74) is -0.102. The fourth-order valence-corrected chi connectivity index (χ4v) is 5.55. The van der Waals surface area contributed by atoms with Gasteiger partial charge in [-0.1, -0.05) is 6.92 Å². The minimum Gasteiger partial charge on any atom is -0.355 e. The van der Waals surface area contributed by atoms with Crippen LogP contribution in [-0.2, 0) is 9.59 Å². The Morgan fingerprint density at radius 3 is 2.08 bits per heavy atom. The summed E-state index contributed by atoms with van der Waals surface area (Å²) in [6.45, 7) is 5.03. The summed E-state index contributed by atoms with van der Waals surface area (Å²) < 4.78 is 0. The van der Waals surface area contributed by atoms with E-state index in [1.807, 2.05) is 0 Å². The predicted molar refractivity (Wildman–Crippen MR) is 94.4 cm³/mol. The van der Waals surface area contributed by atoms with Crippen LogP contribution in [0.3, 0.4) is 0 Å². The highest BCUT2D eigenvalue weighted by molar-refractivity contribution is 5.84. The van der Waals surface area contributed by atoms with Gasteiger partial charge in [0, 0.05) is 31.5 Å². The van der Waals surface area contributed by atoms with Gasteiger partial charge in [-0.25, -0.2) is 0 Å². The van der Waals surface area contributed by atoms with Crippen molar-refractivity contribution >= 4 is 11.8 Å². The van der Waals surface area contributed by atoms with Crippen molar-refractivity contribution in [3.05, 3.63) is 0 Å². The summed E-state index contributed by atoms with van der Waals surface area (Å²) in [4.78, 5) is 24.6. The molecule has 4 aliphatic rings. The number of amides is 2. The first-order valence-corrected chi connectivity index (χ1v) is 9.87. The molecule has 0 aromatic rings. The molecule has 0 unspecified atom stereocenters. The zero-order chi connectivity index (χ0) is 17.0. The number of hydrogen-bond donors (Lipinski definition) is 3. The second kappa shape index (κ2) is 7.85. The van der Waals surface area contributed by atoms with E-state index in [0.29, 0.717) is 19.5 Å². The maximum atomic E-state index is 12.8. The van der Waals surface area contributed by atoms with Crippen LogP contribution in [0.25, 0.3) is 0 Å². The van der Waals surface area contributed by atoms with Gasteiger partial charge >= 0.3 is 0 Å². The lowest BCUT2D eigenvalue weighted by molar-refractivity contribution is -0.146. The highest BCUT2D eigenvalue weighted by Crippen LogP contribution is 2.60. The Bertz CT molecular complexity index is 428. The number of nitrogens with one attached hydrogen (secondary N) is 3. The van der Waals surface area contributed by atoms with Crippen LogP contribution in [0.2, 0.25) is 0 Å². The van der Waals surface area contributed by atoms with Crippen LogP contribution in [-0.4, -0.2) is 38.0 Å². The van der Waals surface area contributed by atoms with Crippen molar-refractivity contribution in [3.8, 4) is 0 Å². The molecule has 4 bridgehead atoms. The van der Waals surface area contributed by atoms with E-state index in [0.717, 1.165) is 56.5 Å². The summed E-state index contributed by atoms with van der Waals surface area (Å²) in [7, 11) is 0. The molecular formula is C19H33N3O2. The predicted octanol–water partition coefficient (Wildman–Crippen LogP) is 1.82. The molecule has 0 heterocycles. The van der Waals surface area contributed by atoms with E-state index < -0.39 is 0 Å². The lowest BCUT2D eigenvalue weighted by Crippen LogP contribution is -2.53. The topological polar surface area (TPSA) is 70.2 Å². The minimum absolute atomic E-state index is 0.0270. The fraction of sp³-hybridized carbons (Fsp3) is 0.895. The molecule has 4 saturated carbocycles. The molecule has 4 fully saturated rings. The molecule has 136 valence electrons. The van der Waals surface area contributed by atoms with Crippen molar-refractivity contribution in [3.63, 3.8) is 0 Å². The number of rotatable bonds is 9. The average Bonchev–Trinajstić information content (AvgIpc) is 2.53. The standard InChI is InChI=1S/C19H33N3O2/c1-2-4-20-6-7-21-17(23)3-5-22-18(24)19-11-14-8-15(12-19)10-16(9-14)13-19/h14-16,20H,2-13H2,1H3,(H,21,23)(H,22,24). The molecule has 5 nitrogen and oxygen atoms in total. The third-order valence-electron chi connectivity index (χ3n) is 6.21. The Labute approximate surface area is 145 Å². The summed E-state index contributed by atoms with van der Waals surface area (Å²) in [6.07, 6.45) is 8.78. The van der Waals surface area contributed by atoms with Crippen LogP contribution in [0.1, 0.15) is 58.3 Å². The van der Waals surface area contributed by atoms with E-state index in [1.54, 1.807) is 0 Å². The Morgan fingerprint density at radius 2 is 1.50 bits per heavy atom. The highest BCUT2D eigenvalue weighted by Gasteiger charge is 2.54. The van der Waals surface area contributed by atoms with Crippen LogP contribution >= 0.6 is 0 Å². The van der Waals surface area contributed by atoms with E-state index in [9.17, 15) is 9.59 Å². The molecule has 0 aromatic heterocycles. The van der Waals surface area contributed by atoms with Gasteiger partial charge in [0.25, 0.3) is 0 Å². The van der Waals surface area contributed by atoms with Crippen LogP contribution in [0.4, 0.5) is 0 Å². The summed E-state index contributed by atoms with van der Waals surface area (Å²) >= 11 is 0. The first-order valence-electron chi connectivity index (χ1n) is 9.87. The maximum Gasteiger partial charge on any atom is 0.226 e. The normalized spacial score (nSPS) is 33.5. The second-order valence-electron chi connectivity index (χ2n) is 8.30. The number of hydrogen-bond acceptors (Lipinski definition) is 3. The molecule has 0 spiro atoms. The molecule has 5 heteroatoms. The van der Waals surface area contributed by atoms with E-state index in [2.05, 4.69) is 22.9 Å². The summed E-state index contributed by atoms with van der Waals surface area (Å²) in [5, 5.41) is 9.22. The van der Waals surface area contributed by atoms with Gasteiger partial charge in [-0.3, -0.25) is 9.59 Å². The monoisotopic (exact) mass is 335 g/mol. The molecule has 0 atom stereocenters. The molecule has 24 heavy (non-hydrogen) atoms. The smallest absolute Gasteiger partial charge is 0.226 e. The zero-order valence-corrected chi connectivity index (χ0v) is 15.0. The Kier molecular flexibility index (Phi) is 5.80. The van der Waals surface area contributed by atoms with Crippen molar-refractivity contribution in [2.45, 2.75) is 58.3 Å². The Hall–Kier alpha value is -1.10. The van der Waals surface area contributed by atoms with Gasteiger partial charge in [-0.2, -0.15) is 0 Å². The largest absolute Gasteiger partial charge is 0.355 e. The quantitative estimate of drug-likeness (QED) is 0.563. The van der Waals surface area contributed by atoms with Crippen molar-refractivity contribution < 1.29 is 9.59 Å². The molecule has 0 aliphatic heterocycles.